The Balaban J connectivity index is 0.000000146. The summed E-state index contributed by atoms with van der Waals surface area (Å²) in [5.41, 5.74) is -3.89. The Morgan fingerprint density at radius 3 is 1.52 bits per heavy atom. The zero-order chi connectivity index (χ0) is 70.3. The van der Waals surface area contributed by atoms with E-state index in [0.29, 0.717) is 30.0 Å². The third kappa shape index (κ3) is 15.0. The lowest BCUT2D eigenvalue weighted by Gasteiger charge is -2.46. The normalized spacial score (nSPS) is 23.3. The van der Waals surface area contributed by atoms with Crippen LogP contribution < -0.4 is 36.1 Å². The minimum Gasteiger partial charge on any atom is -0.489 e. The summed E-state index contributed by atoms with van der Waals surface area (Å²) in [7, 11) is 0. The second kappa shape index (κ2) is 28.7. The van der Waals surface area contributed by atoms with E-state index in [0.717, 1.165) is 45.1 Å². The first kappa shape index (κ1) is 74.0. The van der Waals surface area contributed by atoms with Crippen LogP contribution in [0.25, 0.3) is 32.7 Å². The fraction of sp³-hybridized carbons (Fsp3) is 0.550. The number of nitrogens with one attached hydrogen (secondary N) is 4. The van der Waals surface area contributed by atoms with Gasteiger partial charge in [-0.2, -0.15) is 4.98 Å². The fourth-order valence-corrected chi connectivity index (χ4v) is 15.2. The number of aliphatic hydroxyl groups excluding tert-OH is 1. The molecule has 0 unspecified atom stereocenters. The molecule has 6 bridgehead atoms. The highest BCUT2D eigenvalue weighted by atomic mass is 79.9. The maximum absolute atomic E-state index is 15.0. The van der Waals surface area contributed by atoms with Gasteiger partial charge in [0.1, 0.15) is 73.2 Å². The van der Waals surface area contributed by atoms with Gasteiger partial charge in [0.2, 0.25) is 15.9 Å². The molecule has 7 aliphatic heterocycles. The molecule has 7 aliphatic rings. The molecular formula is C60H65Br3Cl6F4N12O11. The third-order valence-electron chi connectivity index (χ3n) is 16.8. The van der Waals surface area contributed by atoms with Gasteiger partial charge < -0.3 is 44.3 Å². The van der Waals surface area contributed by atoms with Crippen molar-refractivity contribution in [3.63, 3.8) is 0 Å². The molecule has 6 saturated heterocycles. The summed E-state index contributed by atoms with van der Waals surface area (Å²) in [5.74, 6) is -2.63. The summed E-state index contributed by atoms with van der Waals surface area (Å²) < 4.78 is 85.3. The number of carbonyl (C=O) groups excluding carboxylic acids is 3. The van der Waals surface area contributed by atoms with E-state index >= 15 is 0 Å². The summed E-state index contributed by atoms with van der Waals surface area (Å²) >= 11 is 44.7. The number of rotatable bonds is 4. The Labute approximate surface area is 601 Å². The Kier molecular flexibility index (Phi) is 22.1. The number of hydrogen-bond donors (Lipinski definition) is 5. The summed E-state index contributed by atoms with van der Waals surface area (Å²) in [6, 6.07) is -0.474. The Morgan fingerprint density at radius 2 is 1.00 bits per heavy atom. The molecule has 5 N–H and O–H groups in total. The molecule has 0 radical (unpaired) electrons. The van der Waals surface area contributed by atoms with Crippen molar-refractivity contribution in [1.82, 2.24) is 55.2 Å². The molecule has 3 aromatic carbocycles. The van der Waals surface area contributed by atoms with Gasteiger partial charge >= 0.3 is 18.3 Å². The molecule has 6 aromatic rings. The molecule has 0 spiro atoms. The highest BCUT2D eigenvalue weighted by molar-refractivity contribution is 9.11. The van der Waals surface area contributed by atoms with Crippen LogP contribution in [0.15, 0.2) is 23.0 Å². The summed E-state index contributed by atoms with van der Waals surface area (Å²) in [4.78, 5) is 89.5. The number of H-pyrrole nitrogens is 2. The van der Waals surface area contributed by atoms with E-state index in [4.69, 9.17) is 93.3 Å². The van der Waals surface area contributed by atoms with Crippen molar-refractivity contribution < 1.29 is 60.7 Å². The predicted molar refractivity (Wildman–Crippen MR) is 365 cm³/mol. The summed E-state index contributed by atoms with van der Waals surface area (Å²) in [6.07, 6.45) is 4.27. The average molecular weight is 1660 g/mol. The lowest BCUT2D eigenvalue weighted by Crippen LogP contribution is -2.63. The minimum absolute atomic E-state index is 0.00824. The second-order valence-corrected chi connectivity index (χ2v) is 31.2. The molecule has 9 atom stereocenters. The van der Waals surface area contributed by atoms with Crippen LogP contribution in [0.5, 0.6) is 11.5 Å². The van der Waals surface area contributed by atoms with Crippen LogP contribution in [0.3, 0.4) is 0 Å². The summed E-state index contributed by atoms with van der Waals surface area (Å²) in [6.45, 7) is 18.9. The van der Waals surface area contributed by atoms with Gasteiger partial charge in [-0.15, -0.1) is 0 Å². The number of halogens is 13. The average Bonchev–Trinajstić information content (AvgIpc) is 1.48. The zero-order valence-electron chi connectivity index (χ0n) is 52.7. The van der Waals surface area contributed by atoms with Crippen LogP contribution in [0.1, 0.15) is 101 Å². The SMILES string of the molecule is CC(C)(C)OC(=O)N1[C@@H]2CC[C@H]1[C@@H](CO)NC2.CC(C)(C)OC(=O)N1[C@@H]2CC[C@H]1[C@@H](COc1c(Cl)c(Br)c(F)c3nc(Cl)[nH]c(=O)c13)NC2.CC(C)(C)OC(=O)N1[C@@H]2CC[C@H]1[C@H]1COc3c(Cl)c(Br)c(F)c4nc(Cl)nc(c34)N1C2.O=c1[nH]c(Cl)nc2c(F)c(Br)c(Cl)c(F)c12. The number of aromatic nitrogens is 6. The number of hydrogen-bond acceptors (Lipinski definition) is 18. The highest BCUT2D eigenvalue weighted by Crippen LogP contribution is 2.50. The fourth-order valence-electron chi connectivity index (χ4n) is 13.0. The van der Waals surface area contributed by atoms with E-state index < -0.39 is 67.1 Å². The monoisotopic (exact) mass is 1650 g/mol. The topological polar surface area (TPSA) is 272 Å². The number of aliphatic hydroxyl groups is 1. The van der Waals surface area contributed by atoms with Gasteiger partial charge in [0.05, 0.1) is 72.7 Å². The van der Waals surface area contributed by atoms with Crippen LogP contribution in [-0.2, 0) is 14.2 Å². The molecule has 36 heteroatoms. The van der Waals surface area contributed by atoms with E-state index in [2.05, 4.69) is 88.2 Å². The lowest BCUT2D eigenvalue weighted by molar-refractivity contribution is -0.000315. The highest BCUT2D eigenvalue weighted by Gasteiger charge is 2.53. The number of ether oxygens (including phenoxy) is 5. The first-order chi connectivity index (χ1) is 44.9. The predicted octanol–water partition coefficient (Wildman–Crippen LogP) is 13.4. The van der Waals surface area contributed by atoms with Crippen LogP contribution in [0.2, 0.25) is 30.9 Å². The van der Waals surface area contributed by atoms with E-state index in [-0.39, 0.29) is 154 Å². The number of benzene rings is 3. The Morgan fingerprint density at radius 1 is 0.562 bits per heavy atom. The number of fused-ring (bicyclic) bond motifs is 11. The van der Waals surface area contributed by atoms with Crippen molar-refractivity contribution in [2.75, 3.05) is 44.4 Å². The lowest BCUT2D eigenvalue weighted by atomic mass is 10.0. The van der Waals surface area contributed by atoms with E-state index in [9.17, 15) is 46.6 Å². The van der Waals surface area contributed by atoms with E-state index in [1.165, 1.54) is 0 Å². The van der Waals surface area contributed by atoms with Gasteiger partial charge in [0, 0.05) is 31.7 Å². The number of aromatic amines is 2. The van der Waals surface area contributed by atoms with Crippen LogP contribution >= 0.6 is 117 Å². The van der Waals surface area contributed by atoms with E-state index in [1.807, 2.05) is 77.1 Å². The number of carbonyl (C=O) groups is 3. The third-order valence-corrected chi connectivity index (χ3v) is 21.3. The number of anilines is 1. The molecule has 0 saturated carbocycles. The Bertz CT molecular complexity index is 4210. The maximum atomic E-state index is 15.0. The van der Waals surface area contributed by atoms with Gasteiger partial charge in [-0.05, 0) is 183 Å². The van der Waals surface area contributed by atoms with E-state index in [1.54, 1.807) is 4.90 Å². The number of nitrogens with zero attached hydrogens (tertiary/aromatic N) is 8. The van der Waals surface area contributed by atoms with Gasteiger partial charge in [-0.3, -0.25) is 34.3 Å². The molecule has 522 valence electrons. The standard InChI is InChI=1S/C20H22BrCl2FN4O4.C20H20BrCl2FN4O3.C12H22N2O3.C8HBrCl2F2N2O/c1-20(2,3)32-19(30)28-8-4-5-10(28)9(25-6-8)7-31-16-11-15(14(24)12(21)13(16)22)26-18(23)27-17(11)29;1-20(2,3)31-19(29)28-8-4-5-9(28)10-7-30-16-11-15(14(24)12(21)13(16)22)25-18(23)26-17(11)27(10)6-8;1-12(2,3)17-11(16)14-8-4-5-10(14)9(7-15)13-6-8;9-2-3(10)4(12)1-6(5(2)13)14-8(11)15-7(1)16/h8-10,25H,4-7H2,1-3H3,(H,26,27,29);8-10H,4-7H2,1-3H3;8-10,13,15H,4-7H2,1-3H3;(H,14,15,16)/t8-,9-,10+;8-,9+,10-;8-,9-,10+;/m111./s1. The molecule has 6 fully saturated rings. The van der Waals surface area contributed by atoms with Gasteiger partial charge in [-0.25, -0.2) is 46.9 Å². The Hall–Kier alpha value is -4.73. The first-order valence-electron chi connectivity index (χ1n) is 30.2. The van der Waals surface area contributed by atoms with Crippen LogP contribution in [-0.4, -0.2) is 179 Å². The number of amides is 3. The minimum atomic E-state index is -1.05. The van der Waals surface area contributed by atoms with Crippen molar-refractivity contribution in [1.29, 1.82) is 0 Å². The van der Waals surface area contributed by atoms with Crippen LogP contribution in [0, 0.1) is 23.3 Å². The first-order valence-corrected chi connectivity index (χ1v) is 34.9. The number of piperazine rings is 3. The van der Waals surface area contributed by atoms with Crippen molar-refractivity contribution in [3.05, 3.63) is 88.3 Å². The molecular weight excluding hydrogens is 1590 g/mol. The molecule has 0 aliphatic carbocycles. The summed E-state index contributed by atoms with van der Waals surface area (Å²) in [5, 5.41) is 14.5. The smallest absolute Gasteiger partial charge is 0.410 e. The second-order valence-electron chi connectivity index (χ2n) is 26.6. The van der Waals surface area contributed by atoms with Crippen LogP contribution in [0.4, 0.5) is 37.8 Å². The van der Waals surface area contributed by atoms with Gasteiger partial charge in [-0.1, -0.05) is 34.8 Å². The molecule has 23 nitrogen and oxygen atoms in total. The largest absolute Gasteiger partial charge is 0.489 e. The molecule has 10 heterocycles. The molecule has 3 amide bonds. The quantitative estimate of drug-likeness (QED) is 0.0361. The van der Waals surface area contributed by atoms with Crippen molar-refractivity contribution >= 4 is 174 Å². The zero-order valence-corrected chi connectivity index (χ0v) is 62.0. The van der Waals surface area contributed by atoms with Crippen molar-refractivity contribution in [2.45, 2.75) is 172 Å². The van der Waals surface area contributed by atoms with Crippen molar-refractivity contribution in [2.24, 2.45) is 0 Å². The molecule has 3 aromatic heterocycles. The van der Waals surface area contributed by atoms with Gasteiger partial charge in [0.15, 0.2) is 34.8 Å². The van der Waals surface area contributed by atoms with Crippen molar-refractivity contribution in [3.8, 4) is 11.5 Å². The molecule has 13 rings (SSSR count). The maximum Gasteiger partial charge on any atom is 0.410 e. The molecule has 96 heavy (non-hydrogen) atoms. The van der Waals surface area contributed by atoms with Gasteiger partial charge in [0.25, 0.3) is 11.1 Å².